The number of aromatic nitrogens is 4. The number of benzene rings is 8. The SMILES string of the molecule is C=CCCN(/N=C/c1cc(C)ccc1C)c1nc2ccccc2s1.CCN(/N=C/c1cc(C)ccc1C)c1nc2ccccc2s1.Cc1ccc(C)c(/C=N/N(CCO)c2nc3ccccc3s2)c1.[C-]#[N+]CCCCN(/N=C/c1cc(C)ccc1C)c1nc2ccccc2s1. The molecule has 0 radical (unpaired) electrons. The molecule has 0 aliphatic rings. The first kappa shape index (κ1) is 69.7. The minimum Gasteiger partial charge on any atom is -0.394 e. The number of aliphatic hydroxyl groups excluding tert-OH is 1. The van der Waals surface area contributed by atoms with Gasteiger partial charge in [-0.3, -0.25) is 0 Å². The van der Waals surface area contributed by atoms with E-state index >= 15 is 0 Å². The fraction of sp³-hybridized carbons (Fsp3) is 0.234. The molecule has 95 heavy (non-hydrogen) atoms. The van der Waals surface area contributed by atoms with Crippen molar-refractivity contribution in [3.8, 4) is 0 Å². The van der Waals surface area contributed by atoms with E-state index in [0.29, 0.717) is 13.1 Å². The molecule has 0 aliphatic carbocycles. The second-order valence-corrected chi connectivity index (χ2v) is 26.8. The van der Waals surface area contributed by atoms with Crippen LogP contribution in [0.1, 0.15) is 92.9 Å². The lowest BCUT2D eigenvalue weighted by molar-refractivity contribution is 0.302. The van der Waals surface area contributed by atoms with E-state index in [9.17, 15) is 5.11 Å². The third-order valence-electron chi connectivity index (χ3n) is 15.1. The lowest BCUT2D eigenvalue weighted by Gasteiger charge is -2.15. The Bertz CT molecular complexity index is 4530. The number of aryl methyl sites for hydroxylation is 8. The summed E-state index contributed by atoms with van der Waals surface area (Å²) >= 11 is 6.57. The Morgan fingerprint density at radius 2 is 0.726 bits per heavy atom. The number of anilines is 4. The van der Waals surface area contributed by atoms with E-state index < -0.39 is 0 Å². The Morgan fingerprint density at radius 1 is 0.421 bits per heavy atom. The maximum absolute atomic E-state index is 9.33. The molecule has 0 fully saturated rings. The summed E-state index contributed by atoms with van der Waals surface area (Å²) in [4.78, 5) is 22.2. The Balaban J connectivity index is 0.000000149. The van der Waals surface area contributed by atoms with E-state index in [2.05, 4.69) is 185 Å². The first-order valence-electron chi connectivity index (χ1n) is 31.7. The molecule has 8 aromatic carbocycles. The van der Waals surface area contributed by atoms with Crippen LogP contribution in [-0.4, -0.2) is 89.2 Å². The predicted octanol–water partition coefficient (Wildman–Crippen LogP) is 19.3. The average molecular weight is 1330 g/mol. The molecule has 4 heterocycles. The molecule has 0 atom stereocenters. The summed E-state index contributed by atoms with van der Waals surface area (Å²) in [7, 11) is 0. The number of nitrogens with zero attached hydrogens (tertiary/aromatic N) is 13. The number of hydrogen-bond donors (Lipinski definition) is 1. The normalized spacial score (nSPS) is 11.3. The van der Waals surface area contributed by atoms with Crippen molar-refractivity contribution >= 4 is 132 Å². The van der Waals surface area contributed by atoms with Crippen LogP contribution in [0, 0.1) is 62.0 Å². The monoisotopic (exact) mass is 1330 g/mol. The molecule has 484 valence electrons. The fourth-order valence-corrected chi connectivity index (χ4v) is 13.5. The zero-order valence-electron chi connectivity index (χ0n) is 55.5. The van der Waals surface area contributed by atoms with Gasteiger partial charge in [0.15, 0.2) is 0 Å². The standard InChI is InChI=1S/C21H22N4S.C20H21N3S.C18H19N3OS.C18H19N3S/c1-16-10-11-17(2)18(14-16)15-23-25(13-7-6-12-22-3)21-24-19-8-4-5-9-20(19)26-21;1-4-5-12-23(20-22-18-8-6-7-9-19(18)24-20)21-14-17-13-15(2)10-11-16(17)3;1-13-7-8-14(2)15(11-13)12-19-21(9-10-22)18-20-16-5-3-4-6-17(16)23-18;1-4-21(18-20-16-7-5-6-8-17(16)22-18)19-12-15-11-13(2)9-10-14(15)3/h4-5,8-11,14-15H,6-7,12-13H2,1-2H3;4,6-11,13-14H,1,5,12H2,2-3H3;3-8,11-12,22H,9-10H2,1-2H3;5-12H,4H2,1-3H3/b23-15+;21-14+;2*19-12+. The van der Waals surface area contributed by atoms with Crippen molar-refractivity contribution < 1.29 is 5.11 Å². The Hall–Kier alpha value is -9.61. The molecule has 0 saturated heterocycles. The maximum Gasteiger partial charge on any atom is 0.214 e. The van der Waals surface area contributed by atoms with Crippen LogP contribution < -0.4 is 20.0 Å². The molecule has 0 bridgehead atoms. The van der Waals surface area contributed by atoms with Gasteiger partial charge in [0.05, 0.1) is 78.9 Å². The quantitative estimate of drug-likeness (QED) is 0.0231. The summed E-state index contributed by atoms with van der Waals surface area (Å²) < 4.78 is 4.65. The van der Waals surface area contributed by atoms with E-state index in [-0.39, 0.29) is 6.61 Å². The van der Waals surface area contributed by atoms with Gasteiger partial charge in [-0.05, 0) is 168 Å². The van der Waals surface area contributed by atoms with Gasteiger partial charge in [0.2, 0.25) is 27.1 Å². The lowest BCUT2D eigenvalue weighted by Crippen LogP contribution is -2.20. The first-order valence-corrected chi connectivity index (χ1v) is 35.0. The van der Waals surface area contributed by atoms with Crippen LogP contribution in [0.3, 0.4) is 0 Å². The first-order chi connectivity index (χ1) is 46.2. The molecular formula is C77H81N13OS4. The highest BCUT2D eigenvalue weighted by Crippen LogP contribution is 2.33. The summed E-state index contributed by atoms with van der Waals surface area (Å²) in [6.07, 6.45) is 12.2. The van der Waals surface area contributed by atoms with Crippen LogP contribution in [0.25, 0.3) is 45.7 Å². The largest absolute Gasteiger partial charge is 0.394 e. The van der Waals surface area contributed by atoms with Crippen LogP contribution >= 0.6 is 45.3 Å². The molecule has 0 unspecified atom stereocenters. The minimum absolute atomic E-state index is 0.0278. The summed E-state index contributed by atoms with van der Waals surface area (Å²) in [5.74, 6) is 0. The van der Waals surface area contributed by atoms with Crippen molar-refractivity contribution in [3.63, 3.8) is 0 Å². The van der Waals surface area contributed by atoms with Crippen LogP contribution in [-0.2, 0) is 0 Å². The third kappa shape index (κ3) is 20.0. The van der Waals surface area contributed by atoms with Crippen molar-refractivity contribution in [3.05, 3.63) is 261 Å². The number of thiazole rings is 4. The minimum atomic E-state index is 0.0278. The number of aliphatic hydroxyl groups is 1. The van der Waals surface area contributed by atoms with Gasteiger partial charge in [-0.1, -0.05) is 195 Å². The number of fused-ring (bicyclic) bond motifs is 4. The fourth-order valence-electron chi connectivity index (χ4n) is 9.64. The summed E-state index contributed by atoms with van der Waals surface area (Å²) in [5, 5.41) is 39.1. The number of para-hydroxylation sites is 4. The Kier molecular flexibility index (Phi) is 25.7. The highest BCUT2D eigenvalue weighted by atomic mass is 32.1. The van der Waals surface area contributed by atoms with Crippen molar-refractivity contribution in [2.75, 3.05) is 59.4 Å². The number of unbranched alkanes of at least 4 members (excludes halogenated alkanes) is 1. The molecule has 0 amide bonds. The topological polar surface area (TPSA) is 139 Å². The number of hydrogen-bond acceptors (Lipinski definition) is 17. The predicted molar refractivity (Wildman–Crippen MR) is 410 cm³/mol. The second-order valence-electron chi connectivity index (χ2n) is 22.8. The zero-order valence-corrected chi connectivity index (χ0v) is 58.8. The number of hydrazone groups is 4. The molecule has 0 saturated carbocycles. The summed E-state index contributed by atoms with van der Waals surface area (Å²) in [6, 6.07) is 58.0. The molecular weight excluding hydrogens is 1250 g/mol. The van der Waals surface area contributed by atoms with Gasteiger partial charge < -0.3 is 9.95 Å². The molecule has 12 aromatic rings. The molecule has 1 N–H and O–H groups in total. The summed E-state index contributed by atoms with van der Waals surface area (Å²) in [6.45, 7) is 32.9. The van der Waals surface area contributed by atoms with E-state index in [1.165, 1.54) is 53.9 Å². The van der Waals surface area contributed by atoms with E-state index in [1.807, 2.05) is 125 Å². The molecule has 0 aliphatic heterocycles. The highest BCUT2D eigenvalue weighted by molar-refractivity contribution is 7.23. The van der Waals surface area contributed by atoms with E-state index in [4.69, 9.17) is 26.7 Å². The Morgan fingerprint density at radius 3 is 1.03 bits per heavy atom. The van der Waals surface area contributed by atoms with Gasteiger partial charge >= 0.3 is 0 Å². The Labute approximate surface area is 574 Å². The van der Waals surface area contributed by atoms with Crippen LogP contribution in [0.2, 0.25) is 0 Å². The lowest BCUT2D eigenvalue weighted by atomic mass is 10.1. The van der Waals surface area contributed by atoms with Crippen molar-refractivity contribution in [1.29, 1.82) is 0 Å². The van der Waals surface area contributed by atoms with E-state index in [1.54, 1.807) is 50.4 Å². The van der Waals surface area contributed by atoms with Gasteiger partial charge in [-0.15, -0.1) is 6.58 Å². The third-order valence-corrected chi connectivity index (χ3v) is 19.3. The van der Waals surface area contributed by atoms with Crippen LogP contribution in [0.5, 0.6) is 0 Å². The van der Waals surface area contributed by atoms with Gasteiger partial charge in [0, 0.05) is 26.1 Å². The molecule has 18 heteroatoms. The van der Waals surface area contributed by atoms with E-state index in [0.717, 1.165) is 113 Å². The van der Waals surface area contributed by atoms with Crippen LogP contribution in [0.15, 0.2) is 203 Å². The average Bonchev–Trinajstić information content (AvgIpc) is 1.88. The van der Waals surface area contributed by atoms with Gasteiger partial charge in [0.1, 0.15) is 0 Å². The van der Waals surface area contributed by atoms with Gasteiger partial charge in [0.25, 0.3) is 0 Å². The van der Waals surface area contributed by atoms with Crippen molar-refractivity contribution in [1.82, 2.24) is 19.9 Å². The van der Waals surface area contributed by atoms with Gasteiger partial charge in [-0.2, -0.15) is 20.4 Å². The zero-order chi connectivity index (χ0) is 67.1. The molecule has 12 rings (SSSR count). The van der Waals surface area contributed by atoms with Crippen molar-refractivity contribution in [2.24, 2.45) is 20.4 Å². The maximum atomic E-state index is 9.33. The van der Waals surface area contributed by atoms with Gasteiger partial charge in [-0.25, -0.2) is 46.5 Å². The number of rotatable bonds is 22. The molecule has 4 aromatic heterocycles. The second kappa shape index (κ2) is 35.1. The smallest absolute Gasteiger partial charge is 0.214 e. The molecule has 14 nitrogen and oxygen atoms in total. The summed E-state index contributed by atoms with van der Waals surface area (Å²) in [5.41, 5.74) is 18.2. The van der Waals surface area contributed by atoms with Crippen molar-refractivity contribution in [2.45, 2.75) is 81.6 Å². The van der Waals surface area contributed by atoms with Crippen LogP contribution in [0.4, 0.5) is 20.5 Å². The molecule has 0 spiro atoms. The highest BCUT2D eigenvalue weighted by Gasteiger charge is 2.15.